The normalized spacial score (nSPS) is 11.6. The lowest BCUT2D eigenvalue weighted by Crippen LogP contribution is -2.19. The van der Waals surface area contributed by atoms with E-state index in [4.69, 9.17) is 11.6 Å². The first kappa shape index (κ1) is 17.9. The Morgan fingerprint density at radius 3 is 2.54 bits per heavy atom. The average molecular weight is 368 g/mol. The number of nitro groups is 1. The van der Waals surface area contributed by atoms with Crippen LogP contribution in [0.5, 0.6) is 0 Å². The fourth-order valence-corrected chi connectivity index (χ4v) is 3.28. The molecule has 0 radical (unpaired) electrons. The van der Waals surface area contributed by atoms with Crippen molar-refractivity contribution >= 4 is 33.5 Å². The van der Waals surface area contributed by atoms with Gasteiger partial charge in [0, 0.05) is 11.6 Å². The highest BCUT2D eigenvalue weighted by atomic mass is 35.5. The number of nitro benzene ring substituents is 1. The molecule has 0 saturated heterocycles. The summed E-state index contributed by atoms with van der Waals surface area (Å²) in [4.78, 5) is 12.4. The van der Waals surface area contributed by atoms with Crippen molar-refractivity contribution in [2.75, 3.05) is 0 Å². The van der Waals surface area contributed by atoms with Crippen molar-refractivity contribution in [1.82, 2.24) is 4.83 Å². The summed E-state index contributed by atoms with van der Waals surface area (Å²) in [5.41, 5.74) is 1.61. The van der Waals surface area contributed by atoms with Crippen LogP contribution in [-0.2, 0) is 10.0 Å². The van der Waals surface area contributed by atoms with E-state index in [1.807, 2.05) is 6.92 Å². The molecule has 126 valence electrons. The van der Waals surface area contributed by atoms with E-state index < -0.39 is 14.9 Å². The second kappa shape index (κ2) is 6.98. The third-order valence-corrected chi connectivity index (χ3v) is 4.88. The molecular formula is C15H14ClN3O4S. The van der Waals surface area contributed by atoms with Crippen LogP contribution in [-0.4, -0.2) is 19.6 Å². The van der Waals surface area contributed by atoms with Crippen molar-refractivity contribution in [2.45, 2.75) is 18.7 Å². The molecule has 0 aromatic heterocycles. The number of hydrogen-bond acceptors (Lipinski definition) is 5. The van der Waals surface area contributed by atoms with E-state index in [0.29, 0.717) is 11.1 Å². The molecular weight excluding hydrogens is 354 g/mol. The van der Waals surface area contributed by atoms with Crippen LogP contribution >= 0.6 is 11.6 Å². The molecule has 0 aliphatic rings. The quantitative estimate of drug-likeness (QED) is 0.498. The van der Waals surface area contributed by atoms with E-state index in [9.17, 15) is 18.5 Å². The Morgan fingerprint density at radius 2 is 1.92 bits per heavy atom. The molecule has 7 nitrogen and oxygen atoms in total. The number of rotatable bonds is 5. The van der Waals surface area contributed by atoms with Gasteiger partial charge in [-0.3, -0.25) is 10.1 Å². The number of hydrazone groups is 1. The fourth-order valence-electron chi connectivity index (χ4n) is 2.07. The van der Waals surface area contributed by atoms with Gasteiger partial charge < -0.3 is 0 Å². The third-order valence-electron chi connectivity index (χ3n) is 3.17. The van der Waals surface area contributed by atoms with E-state index >= 15 is 0 Å². The van der Waals surface area contributed by atoms with Gasteiger partial charge in [-0.2, -0.15) is 13.5 Å². The standard InChI is InChI=1S/C15H14ClN3O4S/c1-10-3-6-15(11(2)7-10)24(22,23)18-17-9-12-4-5-13(16)14(8-12)19(20)21/h3-9,18H,1-2H3/b17-9+. The minimum atomic E-state index is -3.82. The van der Waals surface area contributed by atoms with Gasteiger partial charge >= 0.3 is 0 Å². The Bertz CT molecular complexity index is 926. The monoisotopic (exact) mass is 367 g/mol. The molecule has 2 aromatic rings. The molecule has 0 amide bonds. The van der Waals surface area contributed by atoms with Crippen LogP contribution in [0.25, 0.3) is 0 Å². The van der Waals surface area contributed by atoms with Gasteiger partial charge in [0.05, 0.1) is 16.0 Å². The summed E-state index contributed by atoms with van der Waals surface area (Å²) in [6, 6.07) is 8.98. The maximum Gasteiger partial charge on any atom is 0.288 e. The van der Waals surface area contributed by atoms with Gasteiger partial charge in [0.1, 0.15) is 5.02 Å². The fraction of sp³-hybridized carbons (Fsp3) is 0.133. The Balaban J connectivity index is 2.22. The van der Waals surface area contributed by atoms with Crippen molar-refractivity contribution < 1.29 is 13.3 Å². The van der Waals surface area contributed by atoms with Crippen LogP contribution in [0, 0.1) is 24.0 Å². The van der Waals surface area contributed by atoms with E-state index in [0.717, 1.165) is 5.56 Å². The second-order valence-corrected chi connectivity index (χ2v) is 7.13. The van der Waals surface area contributed by atoms with E-state index in [-0.39, 0.29) is 15.6 Å². The summed E-state index contributed by atoms with van der Waals surface area (Å²) >= 11 is 5.71. The second-order valence-electron chi connectivity index (χ2n) is 5.09. The molecule has 1 N–H and O–H groups in total. The minimum absolute atomic E-state index is 0.00647. The topological polar surface area (TPSA) is 102 Å². The van der Waals surface area contributed by atoms with Gasteiger partial charge in [0.15, 0.2) is 0 Å². The number of nitrogens with zero attached hydrogens (tertiary/aromatic N) is 2. The van der Waals surface area contributed by atoms with Gasteiger partial charge in [0.2, 0.25) is 0 Å². The maximum absolute atomic E-state index is 12.2. The molecule has 0 aliphatic heterocycles. The van der Waals surface area contributed by atoms with Crippen molar-refractivity contribution in [3.63, 3.8) is 0 Å². The zero-order valence-electron chi connectivity index (χ0n) is 12.9. The van der Waals surface area contributed by atoms with Crippen LogP contribution in [0.15, 0.2) is 46.4 Å². The zero-order chi connectivity index (χ0) is 17.9. The summed E-state index contributed by atoms with van der Waals surface area (Å²) < 4.78 is 24.5. The number of aryl methyl sites for hydroxylation is 2. The average Bonchev–Trinajstić information content (AvgIpc) is 2.48. The van der Waals surface area contributed by atoms with E-state index in [1.165, 1.54) is 30.5 Å². The minimum Gasteiger partial charge on any atom is -0.258 e. The van der Waals surface area contributed by atoms with Gasteiger partial charge in [-0.1, -0.05) is 35.4 Å². The summed E-state index contributed by atoms with van der Waals surface area (Å²) in [7, 11) is -3.82. The van der Waals surface area contributed by atoms with Crippen LogP contribution in [0.2, 0.25) is 5.02 Å². The van der Waals surface area contributed by atoms with Crippen molar-refractivity contribution in [3.8, 4) is 0 Å². The number of sulfonamides is 1. The summed E-state index contributed by atoms with van der Waals surface area (Å²) in [6.45, 7) is 3.55. The predicted molar refractivity (Wildman–Crippen MR) is 91.9 cm³/mol. The summed E-state index contributed by atoms with van der Waals surface area (Å²) in [6.07, 6.45) is 1.17. The molecule has 0 heterocycles. The van der Waals surface area contributed by atoms with Crippen molar-refractivity contribution in [3.05, 3.63) is 68.2 Å². The molecule has 2 aromatic carbocycles. The largest absolute Gasteiger partial charge is 0.288 e. The molecule has 0 aliphatic carbocycles. The Kier molecular flexibility index (Phi) is 5.20. The number of nitrogens with one attached hydrogen (secondary N) is 1. The zero-order valence-corrected chi connectivity index (χ0v) is 14.4. The lowest BCUT2D eigenvalue weighted by atomic mass is 10.2. The first-order valence-corrected chi connectivity index (χ1v) is 8.63. The van der Waals surface area contributed by atoms with E-state index in [1.54, 1.807) is 19.1 Å². The van der Waals surface area contributed by atoms with Gasteiger partial charge in [0.25, 0.3) is 15.7 Å². The Labute approximate surface area is 144 Å². The summed E-state index contributed by atoms with van der Waals surface area (Å²) in [5.74, 6) is 0. The summed E-state index contributed by atoms with van der Waals surface area (Å²) in [5, 5.41) is 14.5. The van der Waals surface area contributed by atoms with Crippen molar-refractivity contribution in [1.29, 1.82) is 0 Å². The first-order valence-electron chi connectivity index (χ1n) is 6.77. The van der Waals surface area contributed by atoms with Crippen LogP contribution in [0.3, 0.4) is 0 Å². The van der Waals surface area contributed by atoms with Gasteiger partial charge in [-0.05, 0) is 31.5 Å². The SMILES string of the molecule is Cc1ccc(S(=O)(=O)N/N=C/c2ccc(Cl)c([N+](=O)[O-])c2)c(C)c1. The molecule has 9 heteroatoms. The molecule has 0 bridgehead atoms. The lowest BCUT2D eigenvalue weighted by molar-refractivity contribution is -0.384. The van der Waals surface area contributed by atoms with Crippen LogP contribution in [0.1, 0.15) is 16.7 Å². The first-order chi connectivity index (χ1) is 11.2. The molecule has 0 atom stereocenters. The van der Waals surface area contributed by atoms with Crippen LogP contribution in [0.4, 0.5) is 5.69 Å². The molecule has 24 heavy (non-hydrogen) atoms. The van der Waals surface area contributed by atoms with Crippen LogP contribution < -0.4 is 4.83 Å². The number of halogens is 1. The molecule has 0 saturated carbocycles. The lowest BCUT2D eigenvalue weighted by Gasteiger charge is -2.07. The Hall–Kier alpha value is -2.45. The Morgan fingerprint density at radius 1 is 1.21 bits per heavy atom. The van der Waals surface area contributed by atoms with Gasteiger partial charge in [-0.15, -0.1) is 0 Å². The number of hydrogen-bond donors (Lipinski definition) is 1. The predicted octanol–water partition coefficient (Wildman–Crippen LogP) is 3.18. The highest BCUT2D eigenvalue weighted by Gasteiger charge is 2.16. The molecule has 0 unspecified atom stereocenters. The third kappa shape index (κ3) is 4.09. The van der Waals surface area contributed by atoms with E-state index in [2.05, 4.69) is 9.93 Å². The maximum atomic E-state index is 12.2. The molecule has 0 spiro atoms. The highest BCUT2D eigenvalue weighted by Crippen LogP contribution is 2.24. The number of benzene rings is 2. The smallest absolute Gasteiger partial charge is 0.258 e. The van der Waals surface area contributed by atoms with Crippen molar-refractivity contribution in [2.24, 2.45) is 5.10 Å². The molecule has 0 fully saturated rings. The van der Waals surface area contributed by atoms with Gasteiger partial charge in [-0.25, -0.2) is 4.83 Å². The molecule has 2 rings (SSSR count). The highest BCUT2D eigenvalue weighted by molar-refractivity contribution is 7.89.